The summed E-state index contributed by atoms with van der Waals surface area (Å²) >= 11 is 0. The van der Waals surface area contributed by atoms with E-state index in [0.29, 0.717) is 18.8 Å². The van der Waals surface area contributed by atoms with E-state index in [1.807, 2.05) is 4.90 Å². The topological polar surface area (TPSA) is 61.4 Å². The third-order valence-electron chi connectivity index (χ3n) is 5.14. The highest BCUT2D eigenvalue weighted by Crippen LogP contribution is 2.36. The molecule has 5 nitrogen and oxygen atoms in total. The number of hydrogen-bond acceptors (Lipinski definition) is 3. The lowest BCUT2D eigenvalue weighted by Crippen LogP contribution is -2.47. The van der Waals surface area contributed by atoms with Gasteiger partial charge in [-0.1, -0.05) is 0 Å². The molecular weight excluding hydrogens is 254 g/mol. The molecule has 5 heteroatoms. The van der Waals surface area contributed by atoms with Gasteiger partial charge in [0.05, 0.1) is 0 Å². The van der Waals surface area contributed by atoms with Crippen molar-refractivity contribution >= 4 is 11.8 Å². The third kappa shape index (κ3) is 2.97. The van der Waals surface area contributed by atoms with Gasteiger partial charge in [-0.25, -0.2) is 0 Å². The van der Waals surface area contributed by atoms with Crippen LogP contribution in [0.4, 0.5) is 0 Å². The monoisotopic (exact) mass is 279 g/mol. The molecule has 0 saturated carbocycles. The molecule has 3 rings (SSSR count). The first kappa shape index (κ1) is 13.9. The molecule has 20 heavy (non-hydrogen) atoms. The summed E-state index contributed by atoms with van der Waals surface area (Å²) in [5.41, 5.74) is 0.0277. The Hall–Kier alpha value is -1.10. The molecule has 112 valence electrons. The lowest BCUT2D eigenvalue weighted by Gasteiger charge is -2.39. The molecule has 3 fully saturated rings. The molecule has 0 aromatic rings. The number of amides is 2. The van der Waals surface area contributed by atoms with Crippen molar-refractivity contribution in [1.29, 1.82) is 0 Å². The van der Waals surface area contributed by atoms with Crippen molar-refractivity contribution in [3.8, 4) is 0 Å². The maximum atomic E-state index is 12.4. The van der Waals surface area contributed by atoms with E-state index in [9.17, 15) is 9.59 Å². The SMILES string of the molecule is O=C1CC2(CCCN(C(=O)CCC3CCNC3)C2)CN1. The minimum atomic E-state index is 0.0277. The molecule has 1 spiro atoms. The molecule has 0 aliphatic carbocycles. The first-order chi connectivity index (χ1) is 9.67. The van der Waals surface area contributed by atoms with Crippen LogP contribution < -0.4 is 10.6 Å². The van der Waals surface area contributed by atoms with Gasteiger partial charge in [0.1, 0.15) is 0 Å². The maximum absolute atomic E-state index is 12.4. The molecule has 2 amide bonds. The van der Waals surface area contributed by atoms with Gasteiger partial charge in [0, 0.05) is 37.9 Å². The van der Waals surface area contributed by atoms with E-state index in [0.717, 1.165) is 52.0 Å². The fourth-order valence-electron chi connectivity index (χ4n) is 3.91. The minimum absolute atomic E-state index is 0.0277. The average molecular weight is 279 g/mol. The second-order valence-corrected chi connectivity index (χ2v) is 6.77. The Morgan fingerprint density at radius 1 is 1.45 bits per heavy atom. The fourth-order valence-corrected chi connectivity index (χ4v) is 3.91. The van der Waals surface area contributed by atoms with Crippen molar-refractivity contribution in [3.63, 3.8) is 0 Å². The van der Waals surface area contributed by atoms with E-state index in [2.05, 4.69) is 10.6 Å². The highest BCUT2D eigenvalue weighted by molar-refractivity contribution is 5.80. The summed E-state index contributed by atoms with van der Waals surface area (Å²) in [6.45, 7) is 4.56. The van der Waals surface area contributed by atoms with E-state index >= 15 is 0 Å². The zero-order valence-corrected chi connectivity index (χ0v) is 12.1. The molecule has 0 aromatic heterocycles. The van der Waals surface area contributed by atoms with Crippen LogP contribution in [0.2, 0.25) is 0 Å². The number of nitrogens with one attached hydrogen (secondary N) is 2. The number of carbonyl (C=O) groups is 2. The summed E-state index contributed by atoms with van der Waals surface area (Å²) in [7, 11) is 0. The van der Waals surface area contributed by atoms with Gasteiger partial charge in [0.2, 0.25) is 11.8 Å². The van der Waals surface area contributed by atoms with Crippen molar-refractivity contribution in [2.45, 2.75) is 38.5 Å². The zero-order chi connectivity index (χ0) is 14.0. The lowest BCUT2D eigenvalue weighted by molar-refractivity contribution is -0.135. The number of likely N-dealkylation sites (tertiary alicyclic amines) is 1. The second kappa shape index (κ2) is 5.72. The van der Waals surface area contributed by atoms with Crippen LogP contribution >= 0.6 is 0 Å². The second-order valence-electron chi connectivity index (χ2n) is 6.77. The highest BCUT2D eigenvalue weighted by atomic mass is 16.2. The lowest BCUT2D eigenvalue weighted by atomic mass is 9.79. The molecule has 2 N–H and O–H groups in total. The molecular formula is C15H25N3O2. The first-order valence-corrected chi connectivity index (χ1v) is 7.92. The molecule has 0 radical (unpaired) electrons. The summed E-state index contributed by atoms with van der Waals surface area (Å²) in [6, 6.07) is 0. The van der Waals surface area contributed by atoms with E-state index in [1.54, 1.807) is 0 Å². The number of nitrogens with zero attached hydrogens (tertiary/aromatic N) is 1. The Morgan fingerprint density at radius 2 is 2.35 bits per heavy atom. The van der Waals surface area contributed by atoms with Gasteiger partial charge in [-0.3, -0.25) is 9.59 Å². The van der Waals surface area contributed by atoms with E-state index in [-0.39, 0.29) is 17.2 Å². The molecule has 3 aliphatic rings. The zero-order valence-electron chi connectivity index (χ0n) is 12.1. The Labute approximate surface area is 120 Å². The Morgan fingerprint density at radius 3 is 3.05 bits per heavy atom. The largest absolute Gasteiger partial charge is 0.355 e. The molecule has 3 saturated heterocycles. The van der Waals surface area contributed by atoms with Crippen molar-refractivity contribution < 1.29 is 9.59 Å². The van der Waals surface area contributed by atoms with E-state index < -0.39 is 0 Å². The standard InChI is InChI=1S/C15H25N3O2/c19-13-8-15(10-17-13)5-1-7-18(11-15)14(20)3-2-12-4-6-16-9-12/h12,16H,1-11H2,(H,17,19). The van der Waals surface area contributed by atoms with Crippen LogP contribution in [0.15, 0.2) is 0 Å². The van der Waals surface area contributed by atoms with Gasteiger partial charge >= 0.3 is 0 Å². The number of rotatable bonds is 3. The van der Waals surface area contributed by atoms with Crippen molar-refractivity contribution in [2.75, 3.05) is 32.7 Å². The number of hydrogen-bond donors (Lipinski definition) is 2. The molecule has 2 atom stereocenters. The summed E-state index contributed by atoms with van der Waals surface area (Å²) in [5, 5.41) is 6.28. The summed E-state index contributed by atoms with van der Waals surface area (Å²) < 4.78 is 0. The van der Waals surface area contributed by atoms with Crippen LogP contribution in [0, 0.1) is 11.3 Å². The normalized spacial score (nSPS) is 33.7. The summed E-state index contributed by atoms with van der Waals surface area (Å²) in [6.07, 6.45) is 5.59. The Bertz CT molecular complexity index is 393. The first-order valence-electron chi connectivity index (χ1n) is 7.92. The van der Waals surface area contributed by atoms with Crippen LogP contribution in [0.3, 0.4) is 0 Å². The predicted molar refractivity (Wildman–Crippen MR) is 76.1 cm³/mol. The third-order valence-corrected chi connectivity index (χ3v) is 5.14. The predicted octanol–water partition coefficient (Wildman–Crippen LogP) is 0.505. The van der Waals surface area contributed by atoms with Gasteiger partial charge in [0.25, 0.3) is 0 Å². The maximum Gasteiger partial charge on any atom is 0.222 e. The molecule has 2 unspecified atom stereocenters. The average Bonchev–Trinajstić information content (AvgIpc) is 3.07. The molecule has 0 bridgehead atoms. The highest BCUT2D eigenvalue weighted by Gasteiger charge is 2.42. The van der Waals surface area contributed by atoms with Gasteiger partial charge in [-0.05, 0) is 44.7 Å². The smallest absolute Gasteiger partial charge is 0.222 e. The molecule has 3 aliphatic heterocycles. The van der Waals surface area contributed by atoms with Gasteiger partial charge < -0.3 is 15.5 Å². The molecule has 3 heterocycles. The molecule has 0 aromatic carbocycles. The van der Waals surface area contributed by atoms with Crippen molar-refractivity contribution in [1.82, 2.24) is 15.5 Å². The Kier molecular flexibility index (Phi) is 3.96. The Balaban J connectivity index is 1.51. The van der Waals surface area contributed by atoms with Crippen LogP contribution in [0.5, 0.6) is 0 Å². The van der Waals surface area contributed by atoms with Crippen molar-refractivity contribution in [3.05, 3.63) is 0 Å². The van der Waals surface area contributed by atoms with Crippen molar-refractivity contribution in [2.24, 2.45) is 11.3 Å². The van der Waals surface area contributed by atoms with Crippen LogP contribution in [-0.2, 0) is 9.59 Å². The van der Waals surface area contributed by atoms with Crippen LogP contribution in [-0.4, -0.2) is 49.4 Å². The van der Waals surface area contributed by atoms with Crippen LogP contribution in [0.1, 0.15) is 38.5 Å². The summed E-state index contributed by atoms with van der Waals surface area (Å²) in [4.78, 5) is 25.9. The van der Waals surface area contributed by atoms with Gasteiger partial charge in [0.15, 0.2) is 0 Å². The van der Waals surface area contributed by atoms with E-state index in [1.165, 1.54) is 6.42 Å². The minimum Gasteiger partial charge on any atom is -0.355 e. The number of piperidine rings is 1. The van der Waals surface area contributed by atoms with Gasteiger partial charge in [-0.2, -0.15) is 0 Å². The number of carbonyl (C=O) groups excluding carboxylic acids is 2. The quantitative estimate of drug-likeness (QED) is 0.791. The van der Waals surface area contributed by atoms with Crippen LogP contribution in [0.25, 0.3) is 0 Å². The summed E-state index contributed by atoms with van der Waals surface area (Å²) in [5.74, 6) is 1.11. The van der Waals surface area contributed by atoms with E-state index in [4.69, 9.17) is 0 Å². The van der Waals surface area contributed by atoms with Gasteiger partial charge in [-0.15, -0.1) is 0 Å². The fraction of sp³-hybridized carbons (Fsp3) is 0.867.